The Morgan fingerprint density at radius 2 is 2.06 bits per heavy atom. The molecule has 1 aliphatic heterocycles. The molecule has 0 bridgehead atoms. The molecule has 2 N–H and O–H groups in total. The van der Waals surface area contributed by atoms with E-state index in [9.17, 15) is 0 Å². The van der Waals surface area contributed by atoms with E-state index >= 15 is 0 Å². The van der Waals surface area contributed by atoms with Crippen molar-refractivity contribution in [1.29, 1.82) is 0 Å². The van der Waals surface area contributed by atoms with Gasteiger partial charge in [-0.2, -0.15) is 0 Å². The molecule has 0 aromatic rings. The van der Waals surface area contributed by atoms with Crippen LogP contribution in [0.5, 0.6) is 0 Å². The van der Waals surface area contributed by atoms with Gasteiger partial charge in [-0.15, -0.1) is 0 Å². The van der Waals surface area contributed by atoms with Crippen molar-refractivity contribution < 1.29 is 4.74 Å². The third-order valence-electron chi connectivity index (χ3n) is 4.19. The Morgan fingerprint density at radius 3 is 2.75 bits per heavy atom. The summed E-state index contributed by atoms with van der Waals surface area (Å²) < 4.78 is 5.76. The number of morpholine rings is 1. The first-order valence-corrected chi connectivity index (χ1v) is 6.85. The maximum Gasteiger partial charge on any atom is 0.0674 e. The average molecular weight is 226 g/mol. The highest BCUT2D eigenvalue weighted by molar-refractivity contribution is 4.91. The molecule has 2 aliphatic rings. The molecule has 0 radical (unpaired) electrons. The predicted octanol–water partition coefficient (Wildman–Crippen LogP) is 1.76. The second-order valence-corrected chi connectivity index (χ2v) is 5.42. The van der Waals surface area contributed by atoms with Crippen molar-refractivity contribution in [3.63, 3.8) is 0 Å². The lowest BCUT2D eigenvalue weighted by atomic mass is 9.88. The molecule has 0 amide bonds. The highest BCUT2D eigenvalue weighted by atomic mass is 16.5. The van der Waals surface area contributed by atoms with Crippen molar-refractivity contribution in [3.05, 3.63) is 0 Å². The van der Waals surface area contributed by atoms with Crippen molar-refractivity contribution >= 4 is 0 Å². The fourth-order valence-corrected chi connectivity index (χ4v) is 3.18. The SMILES string of the molecule is CCC1COC(C)CN1C1CCCCC1N. The zero-order valence-electron chi connectivity index (χ0n) is 10.7. The van der Waals surface area contributed by atoms with Gasteiger partial charge in [0, 0.05) is 24.7 Å². The fourth-order valence-electron chi connectivity index (χ4n) is 3.18. The molecule has 0 aromatic heterocycles. The Balaban J connectivity index is 2.02. The number of hydrogen-bond acceptors (Lipinski definition) is 3. The maximum atomic E-state index is 6.29. The molecule has 1 saturated carbocycles. The third kappa shape index (κ3) is 2.58. The zero-order valence-corrected chi connectivity index (χ0v) is 10.7. The minimum Gasteiger partial charge on any atom is -0.376 e. The quantitative estimate of drug-likeness (QED) is 0.779. The van der Waals surface area contributed by atoms with E-state index in [0.29, 0.717) is 24.2 Å². The number of nitrogens with zero attached hydrogens (tertiary/aromatic N) is 1. The summed E-state index contributed by atoms with van der Waals surface area (Å²) in [6, 6.07) is 1.57. The molecule has 0 aromatic carbocycles. The van der Waals surface area contributed by atoms with Gasteiger partial charge in [0.25, 0.3) is 0 Å². The molecular weight excluding hydrogens is 200 g/mol. The van der Waals surface area contributed by atoms with Crippen molar-refractivity contribution in [1.82, 2.24) is 4.90 Å². The van der Waals surface area contributed by atoms with Crippen molar-refractivity contribution in [3.8, 4) is 0 Å². The Hall–Kier alpha value is -0.120. The summed E-state index contributed by atoms with van der Waals surface area (Å²) in [5, 5.41) is 0. The van der Waals surface area contributed by atoms with Gasteiger partial charge in [0.05, 0.1) is 12.7 Å². The highest BCUT2D eigenvalue weighted by Gasteiger charge is 2.35. The average Bonchev–Trinajstić information content (AvgIpc) is 2.29. The van der Waals surface area contributed by atoms with Gasteiger partial charge < -0.3 is 10.5 Å². The zero-order chi connectivity index (χ0) is 11.5. The van der Waals surface area contributed by atoms with Crippen LogP contribution in [0.4, 0.5) is 0 Å². The van der Waals surface area contributed by atoms with Crippen LogP contribution in [-0.4, -0.2) is 42.3 Å². The van der Waals surface area contributed by atoms with E-state index in [-0.39, 0.29) is 0 Å². The molecule has 1 heterocycles. The second-order valence-electron chi connectivity index (χ2n) is 5.42. The monoisotopic (exact) mass is 226 g/mol. The standard InChI is InChI=1S/C13H26N2O/c1-3-11-9-16-10(2)8-15(11)13-7-5-4-6-12(13)14/h10-13H,3-9,14H2,1-2H3. The molecule has 1 aliphatic carbocycles. The van der Waals surface area contributed by atoms with E-state index in [0.717, 1.165) is 13.2 Å². The number of hydrogen-bond donors (Lipinski definition) is 1. The Kier molecular flexibility index (Phi) is 4.22. The van der Waals surface area contributed by atoms with E-state index in [1.807, 2.05) is 0 Å². The summed E-state index contributed by atoms with van der Waals surface area (Å²) in [5.41, 5.74) is 6.29. The summed E-state index contributed by atoms with van der Waals surface area (Å²) in [7, 11) is 0. The van der Waals surface area contributed by atoms with Crippen molar-refractivity contribution in [2.45, 2.75) is 70.2 Å². The lowest BCUT2D eigenvalue weighted by molar-refractivity contribution is -0.0803. The van der Waals surface area contributed by atoms with E-state index in [2.05, 4.69) is 18.7 Å². The Bertz CT molecular complexity index is 222. The minimum atomic E-state index is 0.372. The van der Waals surface area contributed by atoms with Crippen LogP contribution in [0.15, 0.2) is 0 Å². The van der Waals surface area contributed by atoms with Gasteiger partial charge in [0.1, 0.15) is 0 Å². The van der Waals surface area contributed by atoms with Gasteiger partial charge in [-0.1, -0.05) is 19.8 Å². The van der Waals surface area contributed by atoms with Crippen LogP contribution in [-0.2, 0) is 4.74 Å². The smallest absolute Gasteiger partial charge is 0.0674 e. The third-order valence-corrected chi connectivity index (χ3v) is 4.19. The van der Waals surface area contributed by atoms with Gasteiger partial charge in [0.2, 0.25) is 0 Å². The first-order valence-electron chi connectivity index (χ1n) is 6.85. The van der Waals surface area contributed by atoms with Crippen molar-refractivity contribution in [2.75, 3.05) is 13.2 Å². The van der Waals surface area contributed by atoms with Gasteiger partial charge in [-0.05, 0) is 26.2 Å². The van der Waals surface area contributed by atoms with Gasteiger partial charge in [0.15, 0.2) is 0 Å². The molecule has 2 fully saturated rings. The number of ether oxygens (including phenoxy) is 1. The summed E-state index contributed by atoms with van der Waals surface area (Å²) in [5.74, 6) is 0. The summed E-state index contributed by atoms with van der Waals surface area (Å²) in [6.07, 6.45) is 6.69. The Labute approximate surface area is 99.3 Å². The molecule has 3 heteroatoms. The summed E-state index contributed by atoms with van der Waals surface area (Å²) in [6.45, 7) is 6.39. The predicted molar refractivity (Wildman–Crippen MR) is 66.4 cm³/mol. The minimum absolute atomic E-state index is 0.372. The summed E-state index contributed by atoms with van der Waals surface area (Å²) >= 11 is 0. The molecule has 16 heavy (non-hydrogen) atoms. The molecular formula is C13H26N2O. The normalized spacial score (nSPS) is 42.2. The molecule has 94 valence electrons. The van der Waals surface area contributed by atoms with Crippen LogP contribution >= 0.6 is 0 Å². The van der Waals surface area contributed by atoms with Crippen LogP contribution in [0, 0.1) is 0 Å². The number of rotatable bonds is 2. The first-order chi connectivity index (χ1) is 7.72. The molecule has 0 spiro atoms. The molecule has 3 nitrogen and oxygen atoms in total. The molecule has 4 atom stereocenters. The molecule has 4 unspecified atom stereocenters. The van der Waals surface area contributed by atoms with Gasteiger partial charge >= 0.3 is 0 Å². The van der Waals surface area contributed by atoms with E-state index < -0.39 is 0 Å². The second kappa shape index (κ2) is 5.48. The highest BCUT2D eigenvalue weighted by Crippen LogP contribution is 2.27. The summed E-state index contributed by atoms with van der Waals surface area (Å²) in [4.78, 5) is 2.64. The van der Waals surface area contributed by atoms with Crippen LogP contribution in [0.2, 0.25) is 0 Å². The van der Waals surface area contributed by atoms with Crippen LogP contribution in [0.25, 0.3) is 0 Å². The van der Waals surface area contributed by atoms with Gasteiger partial charge in [-0.25, -0.2) is 0 Å². The van der Waals surface area contributed by atoms with E-state index in [4.69, 9.17) is 10.5 Å². The van der Waals surface area contributed by atoms with Crippen LogP contribution < -0.4 is 5.73 Å². The Morgan fingerprint density at radius 1 is 1.31 bits per heavy atom. The van der Waals surface area contributed by atoms with Crippen LogP contribution in [0.3, 0.4) is 0 Å². The van der Waals surface area contributed by atoms with E-state index in [1.165, 1.54) is 32.1 Å². The lowest BCUT2D eigenvalue weighted by Gasteiger charge is -2.46. The fraction of sp³-hybridized carbons (Fsp3) is 1.00. The molecule has 1 saturated heterocycles. The number of nitrogens with two attached hydrogens (primary N) is 1. The molecule has 2 rings (SSSR count). The van der Waals surface area contributed by atoms with E-state index in [1.54, 1.807) is 0 Å². The maximum absolute atomic E-state index is 6.29. The van der Waals surface area contributed by atoms with Crippen molar-refractivity contribution in [2.24, 2.45) is 5.73 Å². The van der Waals surface area contributed by atoms with Crippen LogP contribution in [0.1, 0.15) is 46.0 Å². The topological polar surface area (TPSA) is 38.5 Å². The van der Waals surface area contributed by atoms with Gasteiger partial charge in [-0.3, -0.25) is 4.90 Å². The first kappa shape index (κ1) is 12.3. The lowest BCUT2D eigenvalue weighted by Crippen LogP contribution is -2.59. The largest absolute Gasteiger partial charge is 0.376 e.